The van der Waals surface area contributed by atoms with Gasteiger partial charge in [0.25, 0.3) is 17.5 Å². The molecule has 2 aromatic carbocycles. The van der Waals surface area contributed by atoms with Crippen molar-refractivity contribution in [1.29, 1.82) is 0 Å². The normalized spacial score (nSPS) is 13.2. The average molecular weight is 352 g/mol. The van der Waals surface area contributed by atoms with Crippen LogP contribution < -0.4 is 0 Å². The number of non-ortho nitro benzene ring substituents is 1. The first-order chi connectivity index (χ1) is 12.5. The average Bonchev–Trinajstić information content (AvgIpc) is 2.89. The molecule has 2 aromatic rings. The van der Waals surface area contributed by atoms with Crippen molar-refractivity contribution in [3.63, 3.8) is 0 Å². The molecule has 0 fully saturated rings. The SMILES string of the molecule is O=C(/C=C/c1ccc([N+](=O)[O-])cc1)OCN1C(=O)c2ccccc2C1=O. The monoisotopic (exact) mass is 352 g/mol. The number of ether oxygens (including phenoxy) is 1. The van der Waals surface area contributed by atoms with Gasteiger partial charge in [0, 0.05) is 18.2 Å². The van der Waals surface area contributed by atoms with E-state index in [0.717, 1.165) is 11.0 Å². The molecule has 1 aliphatic heterocycles. The zero-order chi connectivity index (χ0) is 18.7. The Morgan fingerprint density at radius 1 is 1.04 bits per heavy atom. The molecule has 8 nitrogen and oxygen atoms in total. The molecule has 1 aliphatic rings. The number of esters is 1. The topological polar surface area (TPSA) is 107 Å². The van der Waals surface area contributed by atoms with Crippen molar-refractivity contribution in [2.24, 2.45) is 0 Å². The number of rotatable bonds is 5. The van der Waals surface area contributed by atoms with E-state index >= 15 is 0 Å². The third-order valence-corrected chi connectivity index (χ3v) is 3.73. The van der Waals surface area contributed by atoms with Crippen molar-refractivity contribution < 1.29 is 24.0 Å². The largest absolute Gasteiger partial charge is 0.441 e. The number of nitro groups is 1. The van der Waals surface area contributed by atoms with E-state index in [4.69, 9.17) is 4.74 Å². The molecule has 0 bridgehead atoms. The van der Waals surface area contributed by atoms with Crippen LogP contribution in [0.1, 0.15) is 26.3 Å². The van der Waals surface area contributed by atoms with Crippen LogP contribution in [-0.2, 0) is 9.53 Å². The first-order valence-corrected chi connectivity index (χ1v) is 7.52. The van der Waals surface area contributed by atoms with Gasteiger partial charge in [0.2, 0.25) is 0 Å². The molecule has 3 rings (SSSR count). The minimum atomic E-state index is -0.750. The van der Waals surface area contributed by atoms with Gasteiger partial charge in [0.05, 0.1) is 16.1 Å². The van der Waals surface area contributed by atoms with Crippen LogP contribution in [0.3, 0.4) is 0 Å². The molecule has 0 saturated heterocycles. The number of carbonyl (C=O) groups is 3. The Balaban J connectivity index is 1.59. The van der Waals surface area contributed by atoms with Crippen molar-refractivity contribution in [1.82, 2.24) is 4.90 Å². The summed E-state index contributed by atoms with van der Waals surface area (Å²) in [6.07, 6.45) is 2.52. The van der Waals surface area contributed by atoms with Gasteiger partial charge < -0.3 is 4.74 Å². The molecule has 0 spiro atoms. The summed E-state index contributed by atoms with van der Waals surface area (Å²) in [4.78, 5) is 46.9. The molecule has 1 heterocycles. The van der Waals surface area contributed by atoms with E-state index in [2.05, 4.69) is 0 Å². The molecule has 26 heavy (non-hydrogen) atoms. The first-order valence-electron chi connectivity index (χ1n) is 7.52. The van der Waals surface area contributed by atoms with E-state index in [0.29, 0.717) is 5.56 Å². The van der Waals surface area contributed by atoms with Crippen molar-refractivity contribution in [2.45, 2.75) is 0 Å². The lowest BCUT2D eigenvalue weighted by atomic mass is 10.1. The summed E-state index contributed by atoms with van der Waals surface area (Å²) < 4.78 is 4.93. The van der Waals surface area contributed by atoms with Crippen LogP contribution in [0.2, 0.25) is 0 Å². The molecular weight excluding hydrogens is 340 g/mol. The Morgan fingerprint density at radius 3 is 2.15 bits per heavy atom. The number of imide groups is 1. The van der Waals surface area contributed by atoms with Crippen LogP contribution >= 0.6 is 0 Å². The number of benzene rings is 2. The third-order valence-electron chi connectivity index (χ3n) is 3.73. The summed E-state index contributed by atoms with van der Waals surface area (Å²) in [6, 6.07) is 11.9. The fourth-order valence-corrected chi connectivity index (χ4v) is 2.40. The summed E-state index contributed by atoms with van der Waals surface area (Å²) in [7, 11) is 0. The number of hydrogen-bond donors (Lipinski definition) is 0. The van der Waals surface area contributed by atoms with Crippen molar-refractivity contribution in [3.8, 4) is 0 Å². The van der Waals surface area contributed by atoms with Gasteiger partial charge >= 0.3 is 5.97 Å². The van der Waals surface area contributed by atoms with Crippen LogP contribution in [0.5, 0.6) is 0 Å². The second kappa shape index (κ2) is 6.98. The lowest BCUT2D eigenvalue weighted by Crippen LogP contribution is -2.32. The fourth-order valence-electron chi connectivity index (χ4n) is 2.40. The highest BCUT2D eigenvalue weighted by molar-refractivity contribution is 6.21. The van der Waals surface area contributed by atoms with E-state index in [9.17, 15) is 24.5 Å². The molecule has 0 radical (unpaired) electrons. The molecule has 8 heteroatoms. The summed E-state index contributed by atoms with van der Waals surface area (Å²) in [5, 5.41) is 10.6. The standard InChI is InChI=1S/C18H12N2O6/c21-16(10-7-12-5-8-13(9-6-12)20(24)25)26-11-19-17(22)14-3-1-2-4-15(14)18(19)23/h1-10H,11H2/b10-7+. The van der Waals surface area contributed by atoms with Gasteiger partial charge in [0.15, 0.2) is 6.73 Å². The fraction of sp³-hybridized carbons (Fsp3) is 0.0556. The van der Waals surface area contributed by atoms with E-state index in [1.54, 1.807) is 12.1 Å². The van der Waals surface area contributed by atoms with Gasteiger partial charge in [-0.25, -0.2) is 9.69 Å². The highest BCUT2D eigenvalue weighted by Gasteiger charge is 2.35. The number of carbonyl (C=O) groups excluding carboxylic acids is 3. The van der Waals surface area contributed by atoms with Gasteiger partial charge in [-0.2, -0.15) is 0 Å². The second-order valence-electron chi connectivity index (χ2n) is 5.36. The van der Waals surface area contributed by atoms with Crippen molar-refractivity contribution >= 4 is 29.5 Å². The highest BCUT2D eigenvalue weighted by Crippen LogP contribution is 2.22. The quantitative estimate of drug-likeness (QED) is 0.269. The molecule has 0 unspecified atom stereocenters. The zero-order valence-corrected chi connectivity index (χ0v) is 13.3. The third kappa shape index (κ3) is 3.34. The van der Waals surface area contributed by atoms with E-state index in [1.807, 2.05) is 0 Å². The van der Waals surface area contributed by atoms with Gasteiger partial charge in [-0.3, -0.25) is 19.7 Å². The van der Waals surface area contributed by atoms with Crippen LogP contribution in [0, 0.1) is 10.1 Å². The van der Waals surface area contributed by atoms with E-state index in [-0.39, 0.29) is 16.8 Å². The molecule has 0 aromatic heterocycles. The number of hydrogen-bond acceptors (Lipinski definition) is 6. The molecule has 2 amide bonds. The smallest absolute Gasteiger partial charge is 0.332 e. The Bertz CT molecular complexity index is 898. The Labute approximate surface area is 147 Å². The molecule has 0 aliphatic carbocycles. The molecule has 0 saturated carbocycles. The van der Waals surface area contributed by atoms with Crippen LogP contribution in [0.4, 0.5) is 5.69 Å². The van der Waals surface area contributed by atoms with Crippen LogP contribution in [0.15, 0.2) is 54.6 Å². The van der Waals surface area contributed by atoms with Crippen molar-refractivity contribution in [3.05, 3.63) is 81.4 Å². The Hall–Kier alpha value is -3.81. The number of fused-ring (bicyclic) bond motifs is 1. The predicted molar refractivity (Wildman–Crippen MR) is 90.0 cm³/mol. The summed E-state index contributed by atoms with van der Waals surface area (Å²) in [5.41, 5.74) is 1.05. The number of amides is 2. The summed E-state index contributed by atoms with van der Waals surface area (Å²) in [5.74, 6) is -1.78. The lowest BCUT2D eigenvalue weighted by Gasteiger charge is -2.12. The molecular formula is C18H12N2O6. The Morgan fingerprint density at radius 2 is 1.62 bits per heavy atom. The van der Waals surface area contributed by atoms with Gasteiger partial charge in [0.1, 0.15) is 0 Å². The number of nitro benzene ring substituents is 1. The lowest BCUT2D eigenvalue weighted by molar-refractivity contribution is -0.384. The molecule has 130 valence electrons. The van der Waals surface area contributed by atoms with Crippen molar-refractivity contribution in [2.75, 3.05) is 6.73 Å². The van der Waals surface area contributed by atoms with Gasteiger partial charge in [-0.05, 0) is 35.9 Å². The van der Waals surface area contributed by atoms with E-state index < -0.39 is 29.4 Å². The number of nitrogens with zero attached hydrogens (tertiary/aromatic N) is 2. The maximum Gasteiger partial charge on any atom is 0.332 e. The zero-order valence-electron chi connectivity index (χ0n) is 13.3. The predicted octanol–water partition coefficient (Wildman–Crippen LogP) is 2.40. The summed E-state index contributed by atoms with van der Waals surface area (Å²) in [6.45, 7) is -0.490. The first kappa shape index (κ1) is 17.0. The highest BCUT2D eigenvalue weighted by atomic mass is 16.6. The summed E-state index contributed by atoms with van der Waals surface area (Å²) >= 11 is 0. The minimum Gasteiger partial charge on any atom is -0.441 e. The van der Waals surface area contributed by atoms with Crippen LogP contribution in [0.25, 0.3) is 6.08 Å². The second-order valence-corrected chi connectivity index (χ2v) is 5.36. The maximum atomic E-state index is 12.1. The molecule has 0 atom stereocenters. The van der Waals surface area contributed by atoms with Gasteiger partial charge in [-0.1, -0.05) is 12.1 Å². The van der Waals surface area contributed by atoms with Crippen LogP contribution in [-0.4, -0.2) is 34.3 Å². The molecule has 0 N–H and O–H groups in total. The minimum absolute atomic E-state index is 0.0599. The van der Waals surface area contributed by atoms with Gasteiger partial charge in [-0.15, -0.1) is 0 Å². The Kier molecular flexibility index (Phi) is 4.57. The van der Waals surface area contributed by atoms with E-state index in [1.165, 1.54) is 42.5 Å². The maximum absolute atomic E-state index is 12.1.